The van der Waals surface area contributed by atoms with Crippen molar-refractivity contribution in [1.29, 1.82) is 0 Å². The molecule has 0 spiro atoms. The van der Waals surface area contributed by atoms with Crippen LogP contribution in [-0.2, 0) is 19.5 Å². The Morgan fingerprint density at radius 3 is 2.55 bits per heavy atom. The van der Waals surface area contributed by atoms with E-state index in [2.05, 4.69) is 61.8 Å². The molecule has 0 unspecified atom stereocenters. The molecule has 0 saturated heterocycles. The summed E-state index contributed by atoms with van der Waals surface area (Å²) in [5.41, 5.74) is 3.87. The molecule has 0 radical (unpaired) electrons. The highest BCUT2D eigenvalue weighted by Crippen LogP contribution is 2.20. The van der Waals surface area contributed by atoms with Crippen LogP contribution in [0.4, 0.5) is 0 Å². The molecule has 0 aliphatic carbocycles. The Morgan fingerprint density at radius 1 is 1.25 bits per heavy atom. The van der Waals surface area contributed by atoms with Crippen molar-refractivity contribution in [2.75, 3.05) is 0 Å². The van der Waals surface area contributed by atoms with Gasteiger partial charge in [0.1, 0.15) is 0 Å². The Kier molecular flexibility index (Phi) is 5.00. The van der Waals surface area contributed by atoms with Crippen molar-refractivity contribution in [3.63, 3.8) is 0 Å². The van der Waals surface area contributed by atoms with Crippen molar-refractivity contribution in [3.05, 3.63) is 38.8 Å². The van der Waals surface area contributed by atoms with Crippen LogP contribution in [0.1, 0.15) is 47.5 Å². The normalized spacial score (nSPS) is 11.5. The first-order valence-corrected chi connectivity index (χ1v) is 8.16. The second-order valence-electron chi connectivity index (χ2n) is 5.56. The smallest absolute Gasteiger partial charge is 0.0755 e. The lowest BCUT2D eigenvalue weighted by Gasteiger charge is -2.05. The van der Waals surface area contributed by atoms with Crippen LogP contribution in [0.2, 0.25) is 0 Å². The highest BCUT2D eigenvalue weighted by Gasteiger charge is 2.10. The molecule has 0 aromatic carbocycles. The molecule has 1 N–H and O–H groups in total. The van der Waals surface area contributed by atoms with Gasteiger partial charge < -0.3 is 5.32 Å². The molecule has 2 rings (SSSR count). The van der Waals surface area contributed by atoms with E-state index in [1.165, 1.54) is 26.7 Å². The number of thiophene rings is 1. The average molecular weight is 291 g/mol. The molecule has 0 aliphatic heterocycles. The molecule has 0 bridgehead atoms. The summed E-state index contributed by atoms with van der Waals surface area (Å²) in [6.45, 7) is 12.7. The predicted octanol–water partition coefficient (Wildman–Crippen LogP) is 3.67. The summed E-state index contributed by atoms with van der Waals surface area (Å²) >= 11 is 1.88. The van der Waals surface area contributed by atoms with Gasteiger partial charge >= 0.3 is 0 Å². The minimum atomic E-state index is 0.531. The van der Waals surface area contributed by atoms with Crippen LogP contribution >= 0.6 is 11.3 Å². The quantitative estimate of drug-likeness (QED) is 0.880. The molecule has 2 heterocycles. The van der Waals surface area contributed by atoms with Crippen LogP contribution in [0.25, 0.3) is 0 Å². The number of hydrogen-bond acceptors (Lipinski definition) is 3. The molecule has 110 valence electrons. The van der Waals surface area contributed by atoms with Gasteiger partial charge in [0, 0.05) is 28.0 Å². The molecule has 0 aliphatic rings. The molecule has 0 saturated carbocycles. The van der Waals surface area contributed by atoms with Gasteiger partial charge in [-0.05, 0) is 38.0 Å². The van der Waals surface area contributed by atoms with E-state index in [-0.39, 0.29) is 0 Å². The Balaban J connectivity index is 2.07. The minimum absolute atomic E-state index is 0.531. The Morgan fingerprint density at radius 2 is 1.95 bits per heavy atom. The number of rotatable bonds is 6. The fourth-order valence-corrected chi connectivity index (χ4v) is 3.41. The van der Waals surface area contributed by atoms with Gasteiger partial charge in [-0.15, -0.1) is 11.3 Å². The number of nitrogens with one attached hydrogen (secondary N) is 1. The molecule has 3 nitrogen and oxygen atoms in total. The highest BCUT2D eigenvalue weighted by atomic mass is 32.1. The zero-order valence-electron chi connectivity index (χ0n) is 13.2. The molecule has 2 aromatic rings. The van der Waals surface area contributed by atoms with Gasteiger partial charge in [-0.25, -0.2) is 0 Å². The Bertz CT molecular complexity index is 566. The summed E-state index contributed by atoms with van der Waals surface area (Å²) in [6.07, 6.45) is 1.06. The van der Waals surface area contributed by atoms with Crippen molar-refractivity contribution >= 4 is 11.3 Å². The van der Waals surface area contributed by atoms with Gasteiger partial charge in [0.15, 0.2) is 0 Å². The van der Waals surface area contributed by atoms with Gasteiger partial charge in [0.25, 0.3) is 0 Å². The van der Waals surface area contributed by atoms with Crippen molar-refractivity contribution in [2.24, 2.45) is 0 Å². The van der Waals surface area contributed by atoms with Gasteiger partial charge in [-0.3, -0.25) is 4.68 Å². The standard InChI is InChI=1S/C16H25N3S/c1-6-16-12(4)18-19(13(16)5)10-15-8-7-14(20-15)9-17-11(2)3/h7-8,11,17H,6,9-10H2,1-5H3. The molecular formula is C16H25N3S. The summed E-state index contributed by atoms with van der Waals surface area (Å²) < 4.78 is 2.14. The van der Waals surface area contributed by atoms with Gasteiger partial charge in [0.05, 0.1) is 12.2 Å². The first-order chi connectivity index (χ1) is 9.51. The number of nitrogens with zero attached hydrogens (tertiary/aromatic N) is 2. The topological polar surface area (TPSA) is 29.9 Å². The first kappa shape index (κ1) is 15.3. The maximum Gasteiger partial charge on any atom is 0.0755 e. The molecule has 0 fully saturated rings. The molecule has 2 aromatic heterocycles. The van der Waals surface area contributed by atoms with Crippen LogP contribution in [0.3, 0.4) is 0 Å². The summed E-state index contributed by atoms with van der Waals surface area (Å²) in [7, 11) is 0. The summed E-state index contributed by atoms with van der Waals surface area (Å²) in [5.74, 6) is 0. The molecule has 0 amide bonds. The fraction of sp³-hybridized carbons (Fsp3) is 0.562. The van der Waals surface area contributed by atoms with E-state index in [9.17, 15) is 0 Å². The predicted molar refractivity (Wildman–Crippen MR) is 86.5 cm³/mol. The lowest BCUT2D eigenvalue weighted by Crippen LogP contribution is -2.21. The van der Waals surface area contributed by atoms with Gasteiger partial charge in [-0.2, -0.15) is 5.10 Å². The maximum atomic E-state index is 4.67. The van der Waals surface area contributed by atoms with Crippen LogP contribution in [0.5, 0.6) is 0 Å². The first-order valence-electron chi connectivity index (χ1n) is 7.35. The second-order valence-corrected chi connectivity index (χ2v) is 6.82. The maximum absolute atomic E-state index is 4.67. The largest absolute Gasteiger partial charge is 0.310 e. The van der Waals surface area contributed by atoms with Crippen molar-refractivity contribution in [2.45, 2.75) is 60.2 Å². The zero-order chi connectivity index (χ0) is 14.7. The molecular weight excluding hydrogens is 266 g/mol. The third kappa shape index (κ3) is 3.49. The van der Waals surface area contributed by atoms with Crippen LogP contribution < -0.4 is 5.32 Å². The summed E-state index contributed by atoms with van der Waals surface area (Å²) in [6, 6.07) is 4.98. The Labute approximate surface area is 126 Å². The highest BCUT2D eigenvalue weighted by molar-refractivity contribution is 7.11. The number of aryl methyl sites for hydroxylation is 1. The molecule has 0 atom stereocenters. The van der Waals surface area contributed by atoms with Crippen molar-refractivity contribution in [1.82, 2.24) is 15.1 Å². The van der Waals surface area contributed by atoms with E-state index < -0.39 is 0 Å². The molecule has 20 heavy (non-hydrogen) atoms. The van der Waals surface area contributed by atoms with E-state index in [1.54, 1.807) is 0 Å². The van der Waals surface area contributed by atoms with Crippen LogP contribution in [-0.4, -0.2) is 15.8 Å². The third-order valence-electron chi connectivity index (χ3n) is 3.59. The van der Waals surface area contributed by atoms with Crippen LogP contribution in [0, 0.1) is 13.8 Å². The van der Waals surface area contributed by atoms with E-state index in [4.69, 9.17) is 0 Å². The minimum Gasteiger partial charge on any atom is -0.310 e. The number of hydrogen-bond donors (Lipinski definition) is 1. The van der Waals surface area contributed by atoms with Gasteiger partial charge in [0.2, 0.25) is 0 Å². The van der Waals surface area contributed by atoms with Gasteiger partial charge in [-0.1, -0.05) is 20.8 Å². The van der Waals surface area contributed by atoms with E-state index in [1.807, 2.05) is 11.3 Å². The SMILES string of the molecule is CCc1c(C)nn(Cc2ccc(CNC(C)C)s2)c1C. The lowest BCUT2D eigenvalue weighted by molar-refractivity contribution is 0.593. The fourth-order valence-electron chi connectivity index (χ4n) is 2.45. The van der Waals surface area contributed by atoms with Crippen molar-refractivity contribution in [3.8, 4) is 0 Å². The Hall–Kier alpha value is -1.13. The second kappa shape index (κ2) is 6.55. The number of aromatic nitrogens is 2. The zero-order valence-corrected chi connectivity index (χ0v) is 14.0. The van der Waals surface area contributed by atoms with E-state index >= 15 is 0 Å². The summed E-state index contributed by atoms with van der Waals surface area (Å²) in [4.78, 5) is 2.77. The molecule has 4 heteroatoms. The van der Waals surface area contributed by atoms with Crippen LogP contribution in [0.15, 0.2) is 12.1 Å². The van der Waals surface area contributed by atoms with E-state index in [0.717, 1.165) is 19.5 Å². The average Bonchev–Trinajstić information content (AvgIpc) is 2.93. The van der Waals surface area contributed by atoms with E-state index in [0.29, 0.717) is 6.04 Å². The van der Waals surface area contributed by atoms with Crippen molar-refractivity contribution < 1.29 is 0 Å². The third-order valence-corrected chi connectivity index (χ3v) is 4.66. The monoisotopic (exact) mass is 291 g/mol. The summed E-state index contributed by atoms with van der Waals surface area (Å²) in [5, 5.41) is 8.13. The lowest BCUT2D eigenvalue weighted by atomic mass is 10.1.